The molecule has 1 heterocycles. The van der Waals surface area contributed by atoms with E-state index >= 15 is 0 Å². The number of hydrogen-bond acceptors (Lipinski definition) is 7. The fraction of sp³-hybridized carbons (Fsp3) is 0.273. The molecule has 0 spiro atoms. The number of hydrogen-bond donors (Lipinski definition) is 8. The van der Waals surface area contributed by atoms with E-state index in [4.69, 9.17) is 5.73 Å². The highest BCUT2D eigenvalue weighted by Crippen LogP contribution is 2.20. The van der Waals surface area contributed by atoms with Crippen LogP contribution in [0.25, 0.3) is 10.9 Å². The number of carbonyl (C=O) groups excluding carboxylic acids is 3. The number of H-pyrrole nitrogens is 1. The van der Waals surface area contributed by atoms with Crippen molar-refractivity contribution < 1.29 is 34.5 Å². The summed E-state index contributed by atoms with van der Waals surface area (Å²) in [5.74, 6) is -3.59. The van der Waals surface area contributed by atoms with Crippen molar-refractivity contribution in [2.45, 2.75) is 56.5 Å². The lowest BCUT2D eigenvalue weighted by atomic mass is 10.0. The topological polar surface area (TPSA) is 207 Å². The summed E-state index contributed by atoms with van der Waals surface area (Å²) in [5.41, 5.74) is 8.93. The Morgan fingerprint density at radius 1 is 0.756 bits per heavy atom. The molecule has 4 aromatic rings. The number of aliphatic carboxylic acids is 1. The van der Waals surface area contributed by atoms with Crippen molar-refractivity contribution in [3.8, 4) is 5.75 Å². The van der Waals surface area contributed by atoms with Crippen LogP contribution in [0.5, 0.6) is 5.75 Å². The minimum absolute atomic E-state index is 0.0111. The Morgan fingerprint density at radius 2 is 1.38 bits per heavy atom. The highest BCUT2D eigenvalue weighted by Gasteiger charge is 2.33. The summed E-state index contributed by atoms with van der Waals surface area (Å²) in [4.78, 5) is 55.2. The summed E-state index contributed by atoms with van der Waals surface area (Å²) < 4.78 is 0. The number of aliphatic hydroxyl groups is 1. The molecule has 4 rings (SSSR count). The molecule has 9 N–H and O–H groups in total. The first-order chi connectivity index (χ1) is 21.5. The van der Waals surface area contributed by atoms with Gasteiger partial charge in [-0.2, -0.15) is 0 Å². The molecule has 236 valence electrons. The summed E-state index contributed by atoms with van der Waals surface area (Å²) in [6.45, 7) is 1.32. The number of rotatable bonds is 14. The third-order valence-corrected chi connectivity index (χ3v) is 7.42. The zero-order valence-electron chi connectivity index (χ0n) is 24.6. The normalized spacial score (nSPS) is 14.5. The summed E-state index contributed by atoms with van der Waals surface area (Å²) in [5, 5.41) is 38.3. The molecule has 5 unspecified atom stereocenters. The molecule has 45 heavy (non-hydrogen) atoms. The van der Waals surface area contributed by atoms with E-state index in [1.807, 2.05) is 54.6 Å². The molecule has 12 nitrogen and oxygen atoms in total. The Hall–Kier alpha value is -5.20. The largest absolute Gasteiger partial charge is 0.508 e. The van der Waals surface area contributed by atoms with Gasteiger partial charge in [0.1, 0.15) is 23.9 Å². The van der Waals surface area contributed by atoms with E-state index < -0.39 is 54.0 Å². The average molecular weight is 616 g/mol. The SMILES string of the molecule is CC(O)C(NC(=O)C(N)Cc1ccccc1)C(=O)NC(Cc1c[nH]c2ccccc12)C(=O)NC(Cc1ccc(O)cc1)C(=O)O. The maximum atomic E-state index is 13.6. The summed E-state index contributed by atoms with van der Waals surface area (Å²) in [6, 6.07) is 17.2. The molecule has 3 amide bonds. The van der Waals surface area contributed by atoms with Crippen molar-refractivity contribution in [3.63, 3.8) is 0 Å². The van der Waals surface area contributed by atoms with Crippen LogP contribution in [0.1, 0.15) is 23.6 Å². The fourth-order valence-electron chi connectivity index (χ4n) is 4.96. The monoisotopic (exact) mass is 615 g/mol. The van der Waals surface area contributed by atoms with Gasteiger partial charge in [-0.1, -0.05) is 60.7 Å². The van der Waals surface area contributed by atoms with Crippen LogP contribution in [0.4, 0.5) is 0 Å². The van der Waals surface area contributed by atoms with Crippen LogP contribution in [0.15, 0.2) is 85.1 Å². The molecule has 0 saturated heterocycles. The van der Waals surface area contributed by atoms with Gasteiger partial charge in [-0.15, -0.1) is 0 Å². The van der Waals surface area contributed by atoms with Gasteiger partial charge < -0.3 is 42.0 Å². The maximum absolute atomic E-state index is 13.6. The minimum Gasteiger partial charge on any atom is -0.508 e. The Bertz CT molecular complexity index is 1620. The van der Waals surface area contributed by atoms with Crippen LogP contribution in [0.3, 0.4) is 0 Å². The molecule has 0 fully saturated rings. The van der Waals surface area contributed by atoms with Crippen LogP contribution in [0.2, 0.25) is 0 Å². The summed E-state index contributed by atoms with van der Waals surface area (Å²) in [6.07, 6.45) is 0.431. The zero-order valence-corrected chi connectivity index (χ0v) is 24.6. The minimum atomic E-state index is -1.45. The molecule has 5 atom stereocenters. The lowest BCUT2D eigenvalue weighted by Gasteiger charge is -2.26. The van der Waals surface area contributed by atoms with E-state index in [-0.39, 0.29) is 25.0 Å². The highest BCUT2D eigenvalue weighted by molar-refractivity contribution is 5.95. The second-order valence-corrected chi connectivity index (χ2v) is 10.9. The second kappa shape index (κ2) is 15.0. The van der Waals surface area contributed by atoms with E-state index in [2.05, 4.69) is 20.9 Å². The lowest BCUT2D eigenvalue weighted by Crippen LogP contribution is -2.60. The van der Waals surface area contributed by atoms with Crippen molar-refractivity contribution in [2.24, 2.45) is 5.73 Å². The number of aromatic hydroxyl groups is 1. The molecule has 0 aliphatic rings. The summed E-state index contributed by atoms with van der Waals surface area (Å²) in [7, 11) is 0. The third kappa shape index (κ3) is 8.91. The molecule has 1 aromatic heterocycles. The predicted molar refractivity (Wildman–Crippen MR) is 167 cm³/mol. The van der Waals surface area contributed by atoms with E-state index in [0.29, 0.717) is 11.1 Å². The third-order valence-electron chi connectivity index (χ3n) is 7.42. The van der Waals surface area contributed by atoms with Crippen molar-refractivity contribution in [2.75, 3.05) is 0 Å². The van der Waals surface area contributed by atoms with Gasteiger partial charge in [-0.3, -0.25) is 14.4 Å². The van der Waals surface area contributed by atoms with E-state index in [0.717, 1.165) is 16.5 Å². The first kappa shape index (κ1) is 32.7. The molecular formula is C33H37N5O7. The quantitative estimate of drug-likeness (QED) is 0.103. The molecule has 3 aromatic carbocycles. The number of carbonyl (C=O) groups is 4. The number of para-hydroxylation sites is 1. The van der Waals surface area contributed by atoms with Gasteiger partial charge in [0.15, 0.2) is 0 Å². The molecular weight excluding hydrogens is 578 g/mol. The molecule has 0 aliphatic carbocycles. The van der Waals surface area contributed by atoms with E-state index in [9.17, 15) is 34.5 Å². The number of carboxylic acids is 1. The number of phenols is 1. The van der Waals surface area contributed by atoms with Crippen LogP contribution in [-0.2, 0) is 38.4 Å². The predicted octanol–water partition coefficient (Wildman–Crippen LogP) is 1.15. The fourth-order valence-corrected chi connectivity index (χ4v) is 4.96. The van der Waals surface area contributed by atoms with Gasteiger partial charge in [-0.25, -0.2) is 4.79 Å². The number of nitrogens with two attached hydrogens (primary N) is 1. The Morgan fingerprint density at radius 3 is 2.04 bits per heavy atom. The first-order valence-corrected chi connectivity index (χ1v) is 14.5. The van der Waals surface area contributed by atoms with Crippen molar-refractivity contribution >= 4 is 34.6 Å². The van der Waals surface area contributed by atoms with Gasteiger partial charge in [0.25, 0.3) is 0 Å². The van der Waals surface area contributed by atoms with Crippen molar-refractivity contribution in [1.29, 1.82) is 0 Å². The van der Waals surface area contributed by atoms with Gasteiger partial charge >= 0.3 is 5.97 Å². The smallest absolute Gasteiger partial charge is 0.326 e. The number of benzene rings is 3. The lowest BCUT2D eigenvalue weighted by molar-refractivity contribution is -0.142. The number of aromatic nitrogens is 1. The van der Waals surface area contributed by atoms with Crippen molar-refractivity contribution in [1.82, 2.24) is 20.9 Å². The van der Waals surface area contributed by atoms with E-state index in [1.165, 1.54) is 19.1 Å². The first-order valence-electron chi connectivity index (χ1n) is 14.5. The maximum Gasteiger partial charge on any atom is 0.326 e. The molecule has 0 aliphatic heterocycles. The van der Waals surface area contributed by atoms with Crippen LogP contribution in [0, 0.1) is 0 Å². The Kier molecular flexibility index (Phi) is 10.9. The number of nitrogens with one attached hydrogen (secondary N) is 4. The number of aliphatic hydroxyl groups excluding tert-OH is 1. The second-order valence-electron chi connectivity index (χ2n) is 10.9. The number of aromatic amines is 1. The molecule has 0 radical (unpaired) electrons. The van der Waals surface area contributed by atoms with E-state index in [1.54, 1.807) is 18.3 Å². The Balaban J connectivity index is 1.53. The van der Waals surface area contributed by atoms with Crippen LogP contribution >= 0.6 is 0 Å². The van der Waals surface area contributed by atoms with Gasteiger partial charge in [-0.05, 0) is 48.2 Å². The van der Waals surface area contributed by atoms with Crippen LogP contribution < -0.4 is 21.7 Å². The highest BCUT2D eigenvalue weighted by atomic mass is 16.4. The number of phenolic OH excluding ortho intramolecular Hbond substituents is 1. The zero-order chi connectivity index (χ0) is 32.5. The standard InChI is InChI=1S/C33H37N5O7/c1-19(39)29(38-30(41)25(34)15-20-7-3-2-4-8-20)32(43)36-27(17-22-18-35-26-10-6-5-9-24(22)26)31(42)37-28(33(44)45)16-21-11-13-23(40)14-12-21/h2-14,18-19,25,27-29,35,39-40H,15-17,34H2,1H3,(H,36,43)(H,37,42)(H,38,41)(H,44,45). The van der Waals surface area contributed by atoms with Gasteiger partial charge in [0.05, 0.1) is 12.1 Å². The molecule has 0 bridgehead atoms. The molecule has 0 saturated carbocycles. The summed E-state index contributed by atoms with van der Waals surface area (Å²) >= 11 is 0. The van der Waals surface area contributed by atoms with Gasteiger partial charge in [0, 0.05) is 29.9 Å². The number of amides is 3. The average Bonchev–Trinajstić information content (AvgIpc) is 3.42. The van der Waals surface area contributed by atoms with Crippen molar-refractivity contribution in [3.05, 3.63) is 102 Å². The van der Waals surface area contributed by atoms with Crippen LogP contribution in [-0.4, -0.2) is 74.3 Å². The number of fused-ring (bicyclic) bond motifs is 1. The Labute approximate surface area is 259 Å². The number of carboxylic acid groups (broad SMARTS) is 1. The van der Waals surface area contributed by atoms with Gasteiger partial charge in [0.2, 0.25) is 17.7 Å². The molecule has 12 heteroatoms.